The first kappa shape index (κ1) is 12.0. The summed E-state index contributed by atoms with van der Waals surface area (Å²) in [6, 6.07) is 15.2. The molecule has 0 aromatic heterocycles. The average molecular weight is 340 g/mol. The quantitative estimate of drug-likeness (QED) is 0.450. The van der Waals surface area contributed by atoms with Crippen LogP contribution in [0.1, 0.15) is 5.56 Å². The smallest absolute Gasteiger partial charge is 0.258 e. The molecular formula is C13H11INO2+. The van der Waals surface area contributed by atoms with E-state index in [9.17, 15) is 10.1 Å². The predicted octanol–water partition coefficient (Wildman–Crippen LogP) is 0.0316. The van der Waals surface area contributed by atoms with Crippen LogP contribution in [-0.4, -0.2) is 4.92 Å². The van der Waals surface area contributed by atoms with Crippen molar-refractivity contribution in [2.24, 2.45) is 0 Å². The monoisotopic (exact) mass is 340 g/mol. The van der Waals surface area contributed by atoms with Crippen molar-refractivity contribution in [1.82, 2.24) is 0 Å². The van der Waals surface area contributed by atoms with Gasteiger partial charge in [-0.1, -0.05) is 30.3 Å². The van der Waals surface area contributed by atoms with Crippen LogP contribution in [0.3, 0.4) is 0 Å². The Balaban J connectivity index is 2.41. The highest BCUT2D eigenvalue weighted by Gasteiger charge is 2.28. The molecule has 0 unspecified atom stereocenters. The molecule has 86 valence electrons. The van der Waals surface area contributed by atoms with E-state index in [0.29, 0.717) is 0 Å². The summed E-state index contributed by atoms with van der Waals surface area (Å²) in [5.41, 5.74) is 1.26. The van der Waals surface area contributed by atoms with Crippen molar-refractivity contribution in [3.05, 3.63) is 71.3 Å². The largest absolute Gasteiger partial charge is 0.365 e. The summed E-state index contributed by atoms with van der Waals surface area (Å²) in [6.45, 7) is 1.94. The molecular weight excluding hydrogens is 329 g/mol. The van der Waals surface area contributed by atoms with Gasteiger partial charge in [0, 0.05) is 11.6 Å². The van der Waals surface area contributed by atoms with Gasteiger partial charge in [-0.25, -0.2) is 0 Å². The summed E-state index contributed by atoms with van der Waals surface area (Å²) < 4.78 is 2.10. The van der Waals surface area contributed by atoms with Gasteiger partial charge in [0.2, 0.25) is 0 Å². The normalized spacial score (nSPS) is 10.2. The zero-order chi connectivity index (χ0) is 12.3. The molecule has 0 aliphatic carbocycles. The lowest BCUT2D eigenvalue weighted by Crippen LogP contribution is -3.61. The van der Waals surface area contributed by atoms with Crippen LogP contribution >= 0.6 is 0 Å². The molecule has 0 atom stereocenters. The van der Waals surface area contributed by atoms with Crippen molar-refractivity contribution in [3.8, 4) is 0 Å². The van der Waals surface area contributed by atoms with Gasteiger partial charge in [-0.2, -0.15) is 0 Å². The first-order valence-corrected chi connectivity index (χ1v) is 7.28. The molecule has 0 aliphatic heterocycles. The highest BCUT2D eigenvalue weighted by Crippen LogP contribution is 2.12. The van der Waals surface area contributed by atoms with Crippen LogP contribution < -0.4 is 21.2 Å². The Hall–Kier alpha value is -1.43. The maximum atomic E-state index is 11.0. The van der Waals surface area contributed by atoms with Gasteiger partial charge in [0.25, 0.3) is 3.57 Å². The number of nitro groups is 1. The lowest BCUT2D eigenvalue weighted by atomic mass is 10.2. The predicted molar refractivity (Wildman–Crippen MR) is 61.7 cm³/mol. The topological polar surface area (TPSA) is 43.1 Å². The molecule has 0 N–H and O–H groups in total. The number of nitrogens with zero attached hydrogens (tertiary/aromatic N) is 1. The van der Waals surface area contributed by atoms with Crippen molar-refractivity contribution < 1.29 is 26.1 Å². The number of halogens is 1. The van der Waals surface area contributed by atoms with Crippen molar-refractivity contribution in [2.75, 3.05) is 0 Å². The molecule has 17 heavy (non-hydrogen) atoms. The Morgan fingerprint density at radius 2 is 1.76 bits per heavy atom. The second-order valence-corrected chi connectivity index (χ2v) is 6.42. The second-order valence-electron chi connectivity index (χ2n) is 3.56. The highest BCUT2D eigenvalue weighted by atomic mass is 127. The molecule has 3 nitrogen and oxygen atoms in total. The summed E-state index contributed by atoms with van der Waals surface area (Å²) >= 11 is -0.490. The first-order valence-electron chi connectivity index (χ1n) is 5.12. The van der Waals surface area contributed by atoms with E-state index in [4.69, 9.17) is 0 Å². The Labute approximate surface area is 110 Å². The minimum Gasteiger partial charge on any atom is -0.258 e. The molecule has 0 saturated carbocycles. The number of hydrogen-bond acceptors (Lipinski definition) is 2. The molecule has 0 saturated heterocycles. The third-order valence-electron chi connectivity index (χ3n) is 2.30. The first-order chi connectivity index (χ1) is 8.18. The average Bonchev–Trinajstić information content (AvgIpc) is 2.33. The standard InChI is InChI=1S/C13H11INO2/c1-10-6-5-9-12(15(16)17)13(10)14-11-7-3-2-4-8-11/h2-9H,1H3/q+1. The Kier molecular flexibility index (Phi) is 3.73. The highest BCUT2D eigenvalue weighted by molar-refractivity contribution is 5.32. The molecule has 0 aliphatic rings. The molecule has 0 radical (unpaired) electrons. The van der Waals surface area contributed by atoms with Crippen LogP contribution in [0.25, 0.3) is 0 Å². The van der Waals surface area contributed by atoms with Crippen LogP contribution in [0.2, 0.25) is 0 Å². The van der Waals surface area contributed by atoms with E-state index in [1.54, 1.807) is 12.1 Å². The number of rotatable bonds is 3. The maximum absolute atomic E-state index is 11.0. The van der Waals surface area contributed by atoms with E-state index in [1.165, 1.54) is 3.57 Å². The van der Waals surface area contributed by atoms with Crippen molar-refractivity contribution in [2.45, 2.75) is 6.92 Å². The SMILES string of the molecule is Cc1cccc([N+](=O)[O-])c1[I+]c1ccccc1. The number of nitro benzene ring substituents is 1. The van der Waals surface area contributed by atoms with Gasteiger partial charge >= 0.3 is 26.9 Å². The summed E-state index contributed by atoms with van der Waals surface area (Å²) in [5, 5.41) is 11.0. The van der Waals surface area contributed by atoms with E-state index in [1.807, 2.05) is 43.3 Å². The van der Waals surface area contributed by atoms with Gasteiger partial charge in [0.05, 0.1) is 4.92 Å². The molecule has 0 amide bonds. The minimum absolute atomic E-state index is 0.252. The molecule has 2 rings (SSSR count). The molecule has 4 heteroatoms. The molecule has 0 fully saturated rings. The van der Waals surface area contributed by atoms with E-state index >= 15 is 0 Å². The van der Waals surface area contributed by atoms with Crippen LogP contribution in [-0.2, 0) is 0 Å². The van der Waals surface area contributed by atoms with Crippen LogP contribution in [0.4, 0.5) is 5.69 Å². The fourth-order valence-electron chi connectivity index (χ4n) is 1.48. The van der Waals surface area contributed by atoms with Gasteiger partial charge in [0.15, 0.2) is 3.57 Å². The summed E-state index contributed by atoms with van der Waals surface area (Å²) in [7, 11) is 0. The Bertz CT molecular complexity index is 540. The summed E-state index contributed by atoms with van der Waals surface area (Å²) in [5.74, 6) is 0. The van der Waals surface area contributed by atoms with Crippen LogP contribution in [0, 0.1) is 24.2 Å². The van der Waals surface area contributed by atoms with Gasteiger partial charge in [-0.15, -0.1) is 0 Å². The third-order valence-corrected chi connectivity index (χ3v) is 5.59. The second kappa shape index (κ2) is 5.27. The van der Waals surface area contributed by atoms with Crippen LogP contribution in [0.5, 0.6) is 0 Å². The Morgan fingerprint density at radius 3 is 2.41 bits per heavy atom. The number of aryl methyl sites for hydroxylation is 1. The lowest BCUT2D eigenvalue weighted by Gasteiger charge is -1.95. The summed E-state index contributed by atoms with van der Waals surface area (Å²) in [4.78, 5) is 10.7. The molecule has 0 heterocycles. The Morgan fingerprint density at radius 1 is 1.06 bits per heavy atom. The van der Waals surface area contributed by atoms with E-state index in [0.717, 1.165) is 9.13 Å². The van der Waals surface area contributed by atoms with Crippen molar-refractivity contribution in [3.63, 3.8) is 0 Å². The van der Waals surface area contributed by atoms with Crippen molar-refractivity contribution >= 4 is 5.69 Å². The fourth-order valence-corrected chi connectivity index (χ4v) is 4.14. The molecule has 2 aromatic rings. The third kappa shape index (κ3) is 2.82. The number of hydrogen-bond donors (Lipinski definition) is 0. The molecule has 0 bridgehead atoms. The van der Waals surface area contributed by atoms with Gasteiger partial charge in [-0.3, -0.25) is 10.1 Å². The maximum Gasteiger partial charge on any atom is 0.365 e. The van der Waals surface area contributed by atoms with E-state index < -0.39 is 21.2 Å². The molecule has 0 spiro atoms. The van der Waals surface area contributed by atoms with Gasteiger partial charge in [0.1, 0.15) is 0 Å². The zero-order valence-electron chi connectivity index (χ0n) is 9.26. The zero-order valence-corrected chi connectivity index (χ0v) is 11.4. The fraction of sp³-hybridized carbons (Fsp3) is 0.0769. The molecule has 2 aromatic carbocycles. The lowest BCUT2D eigenvalue weighted by molar-refractivity contribution is -0.605. The summed E-state index contributed by atoms with van der Waals surface area (Å²) in [6.07, 6.45) is 0. The number of benzene rings is 2. The van der Waals surface area contributed by atoms with E-state index in [2.05, 4.69) is 0 Å². The minimum atomic E-state index is -0.490. The van der Waals surface area contributed by atoms with Gasteiger partial charge in [-0.05, 0) is 19.1 Å². The van der Waals surface area contributed by atoms with E-state index in [-0.39, 0.29) is 10.6 Å². The van der Waals surface area contributed by atoms with Crippen molar-refractivity contribution in [1.29, 1.82) is 0 Å². The van der Waals surface area contributed by atoms with Gasteiger partial charge < -0.3 is 0 Å². The van der Waals surface area contributed by atoms with Crippen LogP contribution in [0.15, 0.2) is 48.5 Å².